The van der Waals surface area contributed by atoms with E-state index in [1.54, 1.807) is 24.4 Å². The van der Waals surface area contributed by atoms with Gasteiger partial charge in [0.1, 0.15) is 16.9 Å². The van der Waals surface area contributed by atoms with Crippen LogP contribution in [0, 0.1) is 5.82 Å². The third-order valence-corrected chi connectivity index (χ3v) is 3.11. The van der Waals surface area contributed by atoms with Gasteiger partial charge in [-0.2, -0.15) is 0 Å². The Morgan fingerprint density at radius 1 is 1.33 bits per heavy atom. The van der Waals surface area contributed by atoms with Crippen LogP contribution in [0.5, 0.6) is 5.88 Å². The summed E-state index contributed by atoms with van der Waals surface area (Å²) in [6.45, 7) is 1.85. The monoisotopic (exact) mass is 329 g/mol. The molecule has 0 N–H and O–H groups in total. The summed E-state index contributed by atoms with van der Waals surface area (Å²) in [5.74, 6) is 0.0856. The minimum Gasteiger partial charge on any atom is -0.469 e. The molecular formula is C13H10BrClFNO. The van der Waals surface area contributed by atoms with Crippen molar-refractivity contribution >= 4 is 27.5 Å². The summed E-state index contributed by atoms with van der Waals surface area (Å²) in [5.41, 5.74) is 0.859. The van der Waals surface area contributed by atoms with Crippen LogP contribution in [-0.4, -0.2) is 4.98 Å². The highest BCUT2D eigenvalue weighted by atomic mass is 79.9. The standard InChI is InChI=1S/C13H10BrClFNO/c1-8(9-2-4-11(16)5-3-9)18-13-12(15)6-10(14)7-17-13/h2-8H,1H3/t8-/m0/s1. The van der Waals surface area contributed by atoms with Gasteiger partial charge in [0.25, 0.3) is 0 Å². The van der Waals surface area contributed by atoms with Gasteiger partial charge in [-0.05, 0) is 46.6 Å². The zero-order valence-electron chi connectivity index (χ0n) is 9.53. The number of pyridine rings is 1. The predicted octanol–water partition coefficient (Wildman–Crippen LogP) is 4.78. The number of benzene rings is 1. The van der Waals surface area contributed by atoms with Crippen molar-refractivity contribution in [2.75, 3.05) is 0 Å². The molecule has 0 saturated carbocycles. The zero-order valence-corrected chi connectivity index (χ0v) is 11.9. The van der Waals surface area contributed by atoms with Gasteiger partial charge in [-0.3, -0.25) is 0 Å². The Bertz CT molecular complexity index is 547. The van der Waals surface area contributed by atoms with Crippen molar-refractivity contribution in [1.29, 1.82) is 0 Å². The Balaban J connectivity index is 2.15. The van der Waals surface area contributed by atoms with E-state index in [0.717, 1.165) is 10.0 Å². The first kappa shape index (κ1) is 13.3. The van der Waals surface area contributed by atoms with Gasteiger partial charge in [0.05, 0.1) is 0 Å². The maximum Gasteiger partial charge on any atom is 0.233 e. The SMILES string of the molecule is C[C@H](Oc1ncc(Br)cc1Cl)c1ccc(F)cc1. The zero-order chi connectivity index (χ0) is 13.1. The molecule has 1 atom stereocenters. The highest BCUT2D eigenvalue weighted by molar-refractivity contribution is 9.10. The molecule has 0 aliphatic carbocycles. The second kappa shape index (κ2) is 5.67. The van der Waals surface area contributed by atoms with Crippen LogP contribution in [0.25, 0.3) is 0 Å². The summed E-state index contributed by atoms with van der Waals surface area (Å²) in [6.07, 6.45) is 1.36. The molecule has 0 radical (unpaired) electrons. The lowest BCUT2D eigenvalue weighted by molar-refractivity contribution is 0.217. The van der Waals surface area contributed by atoms with Crippen molar-refractivity contribution in [3.05, 3.63) is 57.4 Å². The van der Waals surface area contributed by atoms with Gasteiger partial charge in [-0.15, -0.1) is 0 Å². The van der Waals surface area contributed by atoms with Gasteiger partial charge in [0.2, 0.25) is 5.88 Å². The maximum atomic E-state index is 12.8. The smallest absolute Gasteiger partial charge is 0.233 e. The fraction of sp³-hybridized carbons (Fsp3) is 0.154. The lowest BCUT2D eigenvalue weighted by atomic mass is 10.1. The van der Waals surface area contributed by atoms with Crippen molar-refractivity contribution in [2.45, 2.75) is 13.0 Å². The second-order valence-corrected chi connectivity index (χ2v) is 5.08. The highest BCUT2D eigenvalue weighted by Crippen LogP contribution is 2.28. The van der Waals surface area contributed by atoms with E-state index >= 15 is 0 Å². The maximum absolute atomic E-state index is 12.8. The van der Waals surface area contributed by atoms with E-state index in [0.29, 0.717) is 10.9 Å². The van der Waals surface area contributed by atoms with Crippen LogP contribution in [0.1, 0.15) is 18.6 Å². The van der Waals surface area contributed by atoms with Gasteiger partial charge in [-0.1, -0.05) is 23.7 Å². The number of ether oxygens (including phenoxy) is 1. The summed E-state index contributed by atoms with van der Waals surface area (Å²) in [5, 5.41) is 0.429. The molecule has 0 unspecified atom stereocenters. The Morgan fingerprint density at radius 2 is 2.00 bits per heavy atom. The van der Waals surface area contributed by atoms with Crippen molar-refractivity contribution in [2.24, 2.45) is 0 Å². The summed E-state index contributed by atoms with van der Waals surface area (Å²) in [6, 6.07) is 7.85. The number of aromatic nitrogens is 1. The molecule has 18 heavy (non-hydrogen) atoms. The molecule has 0 aliphatic heterocycles. The molecule has 0 bridgehead atoms. The summed E-state index contributed by atoms with van der Waals surface area (Å²) < 4.78 is 19.2. The fourth-order valence-electron chi connectivity index (χ4n) is 1.46. The molecule has 0 saturated heterocycles. The van der Waals surface area contributed by atoms with E-state index in [9.17, 15) is 4.39 Å². The Kier molecular flexibility index (Phi) is 4.19. The number of hydrogen-bond donors (Lipinski definition) is 0. The molecule has 1 heterocycles. The summed E-state index contributed by atoms with van der Waals surface area (Å²) in [7, 11) is 0. The van der Waals surface area contributed by atoms with Gasteiger partial charge in [-0.25, -0.2) is 9.37 Å². The number of halogens is 3. The van der Waals surface area contributed by atoms with Crippen molar-refractivity contribution in [3.8, 4) is 5.88 Å². The van der Waals surface area contributed by atoms with Gasteiger partial charge in [0.15, 0.2) is 0 Å². The average Bonchev–Trinajstić information content (AvgIpc) is 2.33. The van der Waals surface area contributed by atoms with E-state index in [1.807, 2.05) is 6.92 Å². The molecule has 2 nitrogen and oxygen atoms in total. The topological polar surface area (TPSA) is 22.1 Å². The van der Waals surface area contributed by atoms with Crippen molar-refractivity contribution < 1.29 is 9.13 Å². The van der Waals surface area contributed by atoms with Crippen LogP contribution in [0.4, 0.5) is 4.39 Å². The highest BCUT2D eigenvalue weighted by Gasteiger charge is 2.11. The number of hydrogen-bond acceptors (Lipinski definition) is 2. The largest absolute Gasteiger partial charge is 0.469 e. The predicted molar refractivity (Wildman–Crippen MR) is 72.4 cm³/mol. The minimum absolute atomic E-state index is 0.253. The summed E-state index contributed by atoms with van der Waals surface area (Å²) >= 11 is 9.28. The molecule has 0 spiro atoms. The molecule has 5 heteroatoms. The number of nitrogens with zero attached hydrogens (tertiary/aromatic N) is 1. The van der Waals surface area contributed by atoms with Gasteiger partial charge < -0.3 is 4.74 Å². The first-order valence-electron chi connectivity index (χ1n) is 5.29. The fourth-order valence-corrected chi connectivity index (χ4v) is 2.13. The molecule has 1 aromatic heterocycles. The van der Waals surface area contributed by atoms with Crippen molar-refractivity contribution in [3.63, 3.8) is 0 Å². The van der Waals surface area contributed by atoms with Crippen LogP contribution < -0.4 is 4.74 Å². The van der Waals surface area contributed by atoms with Gasteiger partial charge in [0, 0.05) is 10.7 Å². The van der Waals surface area contributed by atoms with Gasteiger partial charge >= 0.3 is 0 Å². The molecule has 2 rings (SSSR count). The van der Waals surface area contributed by atoms with E-state index in [1.165, 1.54) is 12.1 Å². The Labute approximate surface area is 118 Å². The quantitative estimate of drug-likeness (QED) is 0.808. The first-order chi connectivity index (χ1) is 8.56. The van der Waals surface area contributed by atoms with E-state index in [2.05, 4.69) is 20.9 Å². The molecule has 2 aromatic rings. The van der Waals surface area contributed by atoms with Crippen LogP contribution in [0.2, 0.25) is 5.02 Å². The second-order valence-electron chi connectivity index (χ2n) is 3.75. The number of rotatable bonds is 3. The molecule has 0 amide bonds. The van der Waals surface area contributed by atoms with E-state index < -0.39 is 0 Å². The first-order valence-corrected chi connectivity index (χ1v) is 6.46. The molecular weight excluding hydrogens is 321 g/mol. The molecule has 0 aliphatic rings. The lowest BCUT2D eigenvalue weighted by Crippen LogP contribution is -2.04. The van der Waals surface area contributed by atoms with Crippen LogP contribution >= 0.6 is 27.5 Å². The third kappa shape index (κ3) is 3.21. The normalized spacial score (nSPS) is 12.2. The minimum atomic E-state index is -0.272. The van der Waals surface area contributed by atoms with Crippen LogP contribution in [-0.2, 0) is 0 Å². The Hall–Kier alpha value is -1.13. The van der Waals surface area contributed by atoms with Crippen molar-refractivity contribution in [1.82, 2.24) is 4.98 Å². The average molecular weight is 331 g/mol. The van der Waals surface area contributed by atoms with Crippen LogP contribution in [0.3, 0.4) is 0 Å². The van der Waals surface area contributed by atoms with E-state index in [-0.39, 0.29) is 11.9 Å². The lowest BCUT2D eigenvalue weighted by Gasteiger charge is -2.15. The third-order valence-electron chi connectivity index (χ3n) is 2.40. The van der Waals surface area contributed by atoms with Crippen LogP contribution in [0.15, 0.2) is 41.0 Å². The molecule has 0 fully saturated rings. The molecule has 94 valence electrons. The summed E-state index contributed by atoms with van der Waals surface area (Å²) in [4.78, 5) is 4.09. The molecule has 1 aromatic carbocycles. The van der Waals surface area contributed by atoms with E-state index in [4.69, 9.17) is 16.3 Å². The Morgan fingerprint density at radius 3 is 2.61 bits per heavy atom.